The maximum absolute atomic E-state index is 6.00. The van der Waals surface area contributed by atoms with Crippen LogP contribution >= 0.6 is 15.9 Å². The summed E-state index contributed by atoms with van der Waals surface area (Å²) < 4.78 is 14.0. The third kappa shape index (κ3) is 2.16. The number of aryl methyl sites for hydroxylation is 1. The molecule has 2 N–H and O–H groups in total. The molecule has 0 amide bonds. The summed E-state index contributed by atoms with van der Waals surface area (Å²) in [5.41, 5.74) is 7.66. The molecule has 0 radical (unpaired) electrons. The molecule has 1 aromatic carbocycles. The minimum absolute atomic E-state index is 0.626. The zero-order valence-corrected chi connectivity index (χ0v) is 12.1. The first-order chi connectivity index (χ1) is 9.16. The average Bonchev–Trinajstić information content (AvgIpc) is 2.62. The normalized spacial score (nSPS) is 14.2. The van der Waals surface area contributed by atoms with Crippen LogP contribution in [0.15, 0.2) is 22.9 Å². The van der Waals surface area contributed by atoms with Crippen molar-refractivity contribution in [1.29, 1.82) is 0 Å². The first-order valence-electron chi connectivity index (χ1n) is 6.03. The predicted octanol–water partition coefficient (Wildman–Crippen LogP) is 2.59. The van der Waals surface area contributed by atoms with Gasteiger partial charge in [0, 0.05) is 19.0 Å². The SMILES string of the molecule is Cn1cnc(-c2cc(Br)c3c(c2)OCCCO3)c1N. The Morgan fingerprint density at radius 1 is 1.32 bits per heavy atom. The van der Waals surface area contributed by atoms with Crippen molar-refractivity contribution < 1.29 is 9.47 Å². The third-order valence-corrected chi connectivity index (χ3v) is 3.65. The Morgan fingerprint density at radius 2 is 2.11 bits per heavy atom. The molecule has 3 rings (SSSR count). The minimum Gasteiger partial charge on any atom is -0.489 e. The highest BCUT2D eigenvalue weighted by Gasteiger charge is 2.18. The average molecular weight is 324 g/mol. The van der Waals surface area contributed by atoms with Crippen molar-refractivity contribution in [3.63, 3.8) is 0 Å². The van der Waals surface area contributed by atoms with Crippen molar-refractivity contribution in [3.05, 3.63) is 22.9 Å². The maximum Gasteiger partial charge on any atom is 0.175 e. The summed E-state index contributed by atoms with van der Waals surface area (Å²) in [7, 11) is 1.87. The molecule has 0 aliphatic carbocycles. The number of fused-ring (bicyclic) bond motifs is 1. The molecule has 1 aliphatic rings. The van der Waals surface area contributed by atoms with Gasteiger partial charge in [-0.3, -0.25) is 0 Å². The van der Waals surface area contributed by atoms with Crippen LogP contribution in [0.2, 0.25) is 0 Å². The molecular formula is C13H14BrN3O2. The summed E-state index contributed by atoms with van der Waals surface area (Å²) >= 11 is 3.52. The van der Waals surface area contributed by atoms with Crippen LogP contribution in [0, 0.1) is 0 Å². The fourth-order valence-electron chi connectivity index (χ4n) is 2.03. The van der Waals surface area contributed by atoms with Crippen molar-refractivity contribution in [2.24, 2.45) is 7.05 Å². The van der Waals surface area contributed by atoms with E-state index in [9.17, 15) is 0 Å². The zero-order valence-electron chi connectivity index (χ0n) is 10.5. The Labute approximate surface area is 119 Å². The fraction of sp³-hybridized carbons (Fsp3) is 0.308. The van der Waals surface area contributed by atoms with E-state index >= 15 is 0 Å². The molecule has 6 heteroatoms. The Bertz CT molecular complexity index is 625. The number of benzene rings is 1. The second kappa shape index (κ2) is 4.77. The number of hydrogen-bond acceptors (Lipinski definition) is 4. The van der Waals surface area contributed by atoms with E-state index in [1.807, 2.05) is 19.2 Å². The zero-order chi connectivity index (χ0) is 13.4. The molecule has 0 saturated heterocycles. The lowest BCUT2D eigenvalue weighted by molar-refractivity contribution is 0.296. The van der Waals surface area contributed by atoms with E-state index in [1.165, 1.54) is 0 Å². The molecule has 19 heavy (non-hydrogen) atoms. The van der Waals surface area contributed by atoms with Gasteiger partial charge in [0.15, 0.2) is 11.5 Å². The van der Waals surface area contributed by atoms with Crippen LogP contribution in [-0.2, 0) is 7.05 Å². The van der Waals surface area contributed by atoms with E-state index in [2.05, 4.69) is 20.9 Å². The van der Waals surface area contributed by atoms with Crippen molar-refractivity contribution >= 4 is 21.7 Å². The van der Waals surface area contributed by atoms with Gasteiger partial charge in [0.25, 0.3) is 0 Å². The second-order valence-electron chi connectivity index (χ2n) is 4.43. The van der Waals surface area contributed by atoms with Gasteiger partial charge >= 0.3 is 0 Å². The van der Waals surface area contributed by atoms with Crippen LogP contribution in [0.1, 0.15) is 6.42 Å². The van der Waals surface area contributed by atoms with E-state index in [0.29, 0.717) is 19.0 Å². The molecule has 2 aromatic rings. The quantitative estimate of drug-likeness (QED) is 0.876. The molecule has 0 bridgehead atoms. The molecule has 0 unspecified atom stereocenters. The number of imidazole rings is 1. The Balaban J connectivity index is 2.11. The Hall–Kier alpha value is -1.69. The largest absolute Gasteiger partial charge is 0.489 e. The molecule has 5 nitrogen and oxygen atoms in total. The lowest BCUT2D eigenvalue weighted by Crippen LogP contribution is -1.97. The molecule has 1 aliphatic heterocycles. The minimum atomic E-state index is 0.626. The van der Waals surface area contributed by atoms with Crippen LogP contribution in [0.3, 0.4) is 0 Å². The summed E-state index contributed by atoms with van der Waals surface area (Å²) in [4.78, 5) is 4.32. The third-order valence-electron chi connectivity index (χ3n) is 3.06. The number of hydrogen-bond donors (Lipinski definition) is 1. The molecule has 0 saturated carbocycles. The fourth-order valence-corrected chi connectivity index (χ4v) is 2.59. The Morgan fingerprint density at radius 3 is 2.84 bits per heavy atom. The number of nitrogens with zero attached hydrogens (tertiary/aromatic N) is 2. The van der Waals surface area contributed by atoms with Gasteiger partial charge in [-0.1, -0.05) is 0 Å². The van der Waals surface area contributed by atoms with E-state index in [1.54, 1.807) is 10.9 Å². The number of halogens is 1. The van der Waals surface area contributed by atoms with Gasteiger partial charge in [-0.25, -0.2) is 4.98 Å². The molecule has 100 valence electrons. The standard InChI is InChI=1S/C13H14BrN3O2/c1-17-7-16-11(13(17)15)8-5-9(14)12-10(6-8)18-3-2-4-19-12/h5-7H,2-4,15H2,1H3. The molecular weight excluding hydrogens is 310 g/mol. The van der Waals surface area contributed by atoms with Gasteiger partial charge in [-0.05, 0) is 28.1 Å². The van der Waals surface area contributed by atoms with Gasteiger partial charge in [0.05, 0.1) is 24.0 Å². The topological polar surface area (TPSA) is 62.3 Å². The lowest BCUT2D eigenvalue weighted by atomic mass is 10.1. The van der Waals surface area contributed by atoms with Crippen LogP contribution in [0.25, 0.3) is 11.3 Å². The van der Waals surface area contributed by atoms with Gasteiger partial charge in [0.1, 0.15) is 11.5 Å². The first-order valence-corrected chi connectivity index (χ1v) is 6.82. The summed E-state index contributed by atoms with van der Waals surface area (Å²) in [6.07, 6.45) is 2.57. The number of nitrogen functional groups attached to an aromatic ring is 1. The maximum atomic E-state index is 6.00. The Kier molecular flexibility index (Phi) is 3.10. The molecule has 1 aromatic heterocycles. The summed E-state index contributed by atoms with van der Waals surface area (Å²) in [6.45, 7) is 1.32. The van der Waals surface area contributed by atoms with Crippen molar-refractivity contribution in [2.45, 2.75) is 6.42 Å². The molecule has 0 atom stereocenters. The van der Waals surface area contributed by atoms with Crippen LogP contribution in [-0.4, -0.2) is 22.8 Å². The number of rotatable bonds is 1. The summed E-state index contributed by atoms with van der Waals surface area (Å²) in [5, 5.41) is 0. The number of aromatic nitrogens is 2. The molecule has 2 heterocycles. The van der Waals surface area contributed by atoms with E-state index in [0.717, 1.165) is 33.6 Å². The van der Waals surface area contributed by atoms with Gasteiger partial charge in [-0.2, -0.15) is 0 Å². The highest BCUT2D eigenvalue weighted by atomic mass is 79.9. The van der Waals surface area contributed by atoms with Crippen molar-refractivity contribution in [3.8, 4) is 22.8 Å². The van der Waals surface area contributed by atoms with Gasteiger partial charge in [0.2, 0.25) is 0 Å². The lowest BCUT2D eigenvalue weighted by Gasteiger charge is -2.11. The van der Waals surface area contributed by atoms with E-state index in [-0.39, 0.29) is 0 Å². The highest BCUT2D eigenvalue weighted by molar-refractivity contribution is 9.10. The van der Waals surface area contributed by atoms with Crippen LogP contribution in [0.5, 0.6) is 11.5 Å². The smallest absolute Gasteiger partial charge is 0.175 e. The van der Waals surface area contributed by atoms with Gasteiger partial charge in [-0.15, -0.1) is 0 Å². The number of ether oxygens (including phenoxy) is 2. The van der Waals surface area contributed by atoms with Gasteiger partial charge < -0.3 is 19.8 Å². The van der Waals surface area contributed by atoms with Crippen molar-refractivity contribution in [1.82, 2.24) is 9.55 Å². The summed E-state index contributed by atoms with van der Waals surface area (Å²) in [6, 6.07) is 3.87. The van der Waals surface area contributed by atoms with Crippen LogP contribution in [0.4, 0.5) is 5.82 Å². The van der Waals surface area contributed by atoms with Crippen LogP contribution < -0.4 is 15.2 Å². The first kappa shape index (κ1) is 12.3. The predicted molar refractivity (Wildman–Crippen MR) is 76.4 cm³/mol. The molecule has 0 spiro atoms. The molecule has 0 fully saturated rings. The van der Waals surface area contributed by atoms with Crippen molar-refractivity contribution in [2.75, 3.05) is 18.9 Å². The highest BCUT2D eigenvalue weighted by Crippen LogP contribution is 2.41. The summed E-state index contributed by atoms with van der Waals surface area (Å²) in [5.74, 6) is 2.10. The number of nitrogens with two attached hydrogens (primary N) is 1. The number of anilines is 1. The monoisotopic (exact) mass is 323 g/mol. The van der Waals surface area contributed by atoms with E-state index in [4.69, 9.17) is 15.2 Å². The second-order valence-corrected chi connectivity index (χ2v) is 5.28. The van der Waals surface area contributed by atoms with E-state index < -0.39 is 0 Å².